The van der Waals surface area contributed by atoms with E-state index in [1.54, 1.807) is 0 Å². The number of nitrogens with zero attached hydrogens (tertiary/aromatic N) is 1. The summed E-state index contributed by atoms with van der Waals surface area (Å²) < 4.78 is 0. The number of hydrogen-bond donors (Lipinski definition) is 1. The zero-order chi connectivity index (χ0) is 12.5. The van der Waals surface area contributed by atoms with Crippen LogP contribution in [0.25, 0.3) is 0 Å². The Labute approximate surface area is 103 Å². The number of nitrogens with one attached hydrogen (secondary N) is 1. The smallest absolute Gasteiger partial charge is 0.0525 e. The molecule has 0 amide bonds. The Bertz CT molecular complexity index is 461. The second kappa shape index (κ2) is 4.36. The Morgan fingerprint density at radius 1 is 1.06 bits per heavy atom. The molecular weight excluding hydrogens is 208 g/mol. The molecule has 0 aliphatic heterocycles. The van der Waals surface area contributed by atoms with E-state index in [0.29, 0.717) is 5.92 Å². The lowest BCUT2D eigenvalue weighted by molar-refractivity contribution is 0.590. The van der Waals surface area contributed by atoms with E-state index >= 15 is 0 Å². The van der Waals surface area contributed by atoms with Crippen LogP contribution < -0.4 is 0 Å². The van der Waals surface area contributed by atoms with Crippen LogP contribution in [0, 0.1) is 0 Å². The minimum Gasteiger partial charge on any atom is -0.285 e. The second-order valence-electron chi connectivity index (χ2n) is 5.63. The van der Waals surface area contributed by atoms with Gasteiger partial charge in [0.25, 0.3) is 0 Å². The molecular formula is C15H20N2. The summed E-state index contributed by atoms with van der Waals surface area (Å²) in [5.41, 5.74) is 4.16. The van der Waals surface area contributed by atoms with Crippen molar-refractivity contribution in [3.63, 3.8) is 0 Å². The highest BCUT2D eigenvalue weighted by Crippen LogP contribution is 2.27. The Hall–Kier alpha value is -1.57. The highest BCUT2D eigenvalue weighted by Gasteiger charge is 2.14. The second-order valence-corrected chi connectivity index (χ2v) is 5.63. The summed E-state index contributed by atoms with van der Waals surface area (Å²) in [6.07, 6.45) is 3.85. The standard InChI is InChI=1S/C15H20N2/c1-11(13-9-16-17-10-13)12-5-7-14(8-6-12)15(2,3)4/h5-11H,1-4H3,(H,16,17). The molecule has 1 heterocycles. The number of aromatic amines is 1. The summed E-state index contributed by atoms with van der Waals surface area (Å²) in [6.45, 7) is 8.92. The van der Waals surface area contributed by atoms with Crippen LogP contribution in [0.4, 0.5) is 0 Å². The van der Waals surface area contributed by atoms with Crippen molar-refractivity contribution in [1.82, 2.24) is 10.2 Å². The lowest BCUT2D eigenvalue weighted by Crippen LogP contribution is -2.10. The topological polar surface area (TPSA) is 28.7 Å². The van der Waals surface area contributed by atoms with E-state index in [4.69, 9.17) is 0 Å². The van der Waals surface area contributed by atoms with Crippen LogP contribution in [-0.2, 0) is 5.41 Å². The Morgan fingerprint density at radius 2 is 1.71 bits per heavy atom. The maximum atomic E-state index is 4.00. The fraction of sp³-hybridized carbons (Fsp3) is 0.400. The zero-order valence-corrected chi connectivity index (χ0v) is 11.0. The van der Waals surface area contributed by atoms with Crippen LogP contribution in [-0.4, -0.2) is 10.2 Å². The van der Waals surface area contributed by atoms with Crippen molar-refractivity contribution in [2.24, 2.45) is 0 Å². The summed E-state index contributed by atoms with van der Waals surface area (Å²) in [6, 6.07) is 8.90. The predicted octanol–water partition coefficient (Wildman–Crippen LogP) is 3.86. The number of H-pyrrole nitrogens is 1. The maximum absolute atomic E-state index is 4.00. The number of hydrogen-bond acceptors (Lipinski definition) is 1. The first-order valence-corrected chi connectivity index (χ1v) is 6.07. The van der Waals surface area contributed by atoms with Crippen molar-refractivity contribution in [3.05, 3.63) is 53.3 Å². The van der Waals surface area contributed by atoms with Crippen molar-refractivity contribution in [2.75, 3.05) is 0 Å². The monoisotopic (exact) mass is 228 g/mol. The van der Waals surface area contributed by atoms with E-state index in [9.17, 15) is 0 Å². The van der Waals surface area contributed by atoms with Crippen molar-refractivity contribution < 1.29 is 0 Å². The van der Waals surface area contributed by atoms with Gasteiger partial charge >= 0.3 is 0 Å². The van der Waals surface area contributed by atoms with Gasteiger partial charge in [-0.15, -0.1) is 0 Å². The van der Waals surface area contributed by atoms with Crippen LogP contribution in [0.3, 0.4) is 0 Å². The number of benzene rings is 1. The molecule has 0 saturated heterocycles. The molecule has 2 aromatic rings. The molecule has 0 radical (unpaired) electrons. The molecule has 1 atom stereocenters. The normalized spacial score (nSPS) is 13.6. The van der Waals surface area contributed by atoms with Crippen molar-refractivity contribution in [2.45, 2.75) is 39.0 Å². The largest absolute Gasteiger partial charge is 0.285 e. The third kappa shape index (κ3) is 2.57. The van der Waals surface area contributed by atoms with Gasteiger partial charge in [0.15, 0.2) is 0 Å². The van der Waals surface area contributed by atoms with Crippen LogP contribution in [0.5, 0.6) is 0 Å². The minimum atomic E-state index is 0.220. The first-order valence-electron chi connectivity index (χ1n) is 6.07. The fourth-order valence-electron chi connectivity index (χ4n) is 1.96. The highest BCUT2D eigenvalue weighted by atomic mass is 15.1. The zero-order valence-electron chi connectivity index (χ0n) is 11.0. The molecule has 17 heavy (non-hydrogen) atoms. The van der Waals surface area contributed by atoms with Gasteiger partial charge in [-0.1, -0.05) is 52.0 Å². The molecule has 1 aromatic carbocycles. The average Bonchev–Trinajstić information content (AvgIpc) is 2.80. The highest BCUT2D eigenvalue weighted by molar-refractivity contribution is 5.33. The van der Waals surface area contributed by atoms with Crippen molar-refractivity contribution in [3.8, 4) is 0 Å². The van der Waals surface area contributed by atoms with Crippen LogP contribution in [0.1, 0.15) is 50.3 Å². The molecule has 0 bridgehead atoms. The molecule has 1 N–H and O–H groups in total. The fourth-order valence-corrected chi connectivity index (χ4v) is 1.96. The summed E-state index contributed by atoms with van der Waals surface area (Å²) in [4.78, 5) is 0. The van der Waals surface area contributed by atoms with E-state index in [1.165, 1.54) is 16.7 Å². The van der Waals surface area contributed by atoms with Gasteiger partial charge in [-0.25, -0.2) is 0 Å². The third-order valence-electron chi connectivity index (χ3n) is 3.30. The molecule has 0 aliphatic carbocycles. The Morgan fingerprint density at radius 3 is 2.18 bits per heavy atom. The summed E-state index contributed by atoms with van der Waals surface area (Å²) in [5.74, 6) is 0.391. The molecule has 1 aromatic heterocycles. The van der Waals surface area contributed by atoms with Gasteiger partial charge < -0.3 is 0 Å². The molecule has 2 rings (SSSR count). The van der Waals surface area contributed by atoms with Gasteiger partial charge in [0.05, 0.1) is 6.20 Å². The van der Waals surface area contributed by atoms with Gasteiger partial charge in [-0.05, 0) is 22.1 Å². The first-order chi connectivity index (χ1) is 7.98. The average molecular weight is 228 g/mol. The third-order valence-corrected chi connectivity index (χ3v) is 3.30. The van der Waals surface area contributed by atoms with Gasteiger partial charge in [-0.3, -0.25) is 5.10 Å². The number of aromatic nitrogens is 2. The van der Waals surface area contributed by atoms with Gasteiger partial charge in [0.2, 0.25) is 0 Å². The number of rotatable bonds is 2. The molecule has 0 fully saturated rings. The molecule has 90 valence electrons. The van der Waals surface area contributed by atoms with Crippen molar-refractivity contribution >= 4 is 0 Å². The molecule has 0 aliphatic rings. The Balaban J connectivity index is 2.24. The van der Waals surface area contributed by atoms with E-state index in [2.05, 4.69) is 62.2 Å². The maximum Gasteiger partial charge on any atom is 0.0525 e. The SMILES string of the molecule is CC(c1ccc(C(C)(C)C)cc1)c1cn[nH]c1. The van der Waals surface area contributed by atoms with Gasteiger partial charge in [-0.2, -0.15) is 5.10 Å². The van der Waals surface area contributed by atoms with E-state index in [0.717, 1.165) is 0 Å². The summed E-state index contributed by atoms with van der Waals surface area (Å²) >= 11 is 0. The molecule has 2 heteroatoms. The Kier molecular flexibility index (Phi) is 3.05. The van der Waals surface area contributed by atoms with Gasteiger partial charge in [0.1, 0.15) is 0 Å². The van der Waals surface area contributed by atoms with Crippen LogP contribution >= 0.6 is 0 Å². The van der Waals surface area contributed by atoms with Gasteiger partial charge in [0, 0.05) is 12.1 Å². The lowest BCUT2D eigenvalue weighted by Gasteiger charge is -2.20. The van der Waals surface area contributed by atoms with Crippen molar-refractivity contribution in [1.29, 1.82) is 0 Å². The molecule has 1 unspecified atom stereocenters. The lowest BCUT2D eigenvalue weighted by atomic mass is 9.85. The molecule has 0 saturated carbocycles. The van der Waals surface area contributed by atoms with Crippen LogP contribution in [0.2, 0.25) is 0 Å². The quantitative estimate of drug-likeness (QED) is 0.830. The predicted molar refractivity (Wildman–Crippen MR) is 71.2 cm³/mol. The van der Waals surface area contributed by atoms with E-state index in [1.807, 2.05) is 12.4 Å². The first kappa shape index (κ1) is 11.9. The van der Waals surface area contributed by atoms with E-state index < -0.39 is 0 Å². The molecule has 2 nitrogen and oxygen atoms in total. The summed E-state index contributed by atoms with van der Waals surface area (Å²) in [7, 11) is 0. The summed E-state index contributed by atoms with van der Waals surface area (Å²) in [5, 5.41) is 6.87. The molecule has 0 spiro atoms. The van der Waals surface area contributed by atoms with Crippen LogP contribution in [0.15, 0.2) is 36.7 Å². The van der Waals surface area contributed by atoms with E-state index in [-0.39, 0.29) is 5.41 Å². The minimum absolute atomic E-state index is 0.220.